The van der Waals surface area contributed by atoms with E-state index in [2.05, 4.69) is 15.4 Å². The molecule has 146 valence electrons. The Bertz CT molecular complexity index is 977. The molecule has 0 bridgehead atoms. The summed E-state index contributed by atoms with van der Waals surface area (Å²) in [7, 11) is 3.29. The number of carbonyl (C=O) groups is 1. The van der Waals surface area contributed by atoms with E-state index in [1.165, 1.54) is 9.25 Å². The van der Waals surface area contributed by atoms with Gasteiger partial charge in [-0.25, -0.2) is 9.48 Å². The number of nitrogens with one attached hydrogen (secondary N) is 1. The Morgan fingerprint density at radius 1 is 1.21 bits per heavy atom. The van der Waals surface area contributed by atoms with Crippen LogP contribution < -0.4 is 15.7 Å². The topological polar surface area (TPSA) is 91.0 Å². The number of hydrogen-bond acceptors (Lipinski definition) is 5. The zero-order chi connectivity index (χ0) is 19.9. The molecule has 0 saturated heterocycles. The minimum Gasteiger partial charge on any atom is -0.497 e. The second-order valence-electron chi connectivity index (χ2n) is 6.33. The molecule has 1 aromatic carbocycles. The van der Waals surface area contributed by atoms with Gasteiger partial charge in [-0.2, -0.15) is 0 Å². The Morgan fingerprint density at radius 2 is 2.00 bits per heavy atom. The maximum Gasteiger partial charge on any atom is 0.345 e. The van der Waals surface area contributed by atoms with Crippen molar-refractivity contribution < 1.29 is 9.53 Å². The zero-order valence-electron chi connectivity index (χ0n) is 16.0. The largest absolute Gasteiger partial charge is 0.497 e. The normalized spacial score (nSPS) is 10.6. The van der Waals surface area contributed by atoms with Crippen LogP contribution in [0.1, 0.15) is 12.0 Å². The number of ether oxygens (including phenoxy) is 1. The lowest BCUT2D eigenvalue weighted by Gasteiger charge is -2.06. The standard InChI is InChI=1S/C20H23N5O3/c1-24-19(16-4-3-11-21-14-16)23-25(20(24)27)13-12-22-18(26)10-7-15-5-8-17(28-2)9-6-15/h3-6,8-9,11,14H,7,10,12-13H2,1-2H3,(H,22,26). The lowest BCUT2D eigenvalue weighted by Crippen LogP contribution is -2.31. The summed E-state index contributed by atoms with van der Waals surface area (Å²) in [5, 5.41) is 7.18. The number of methoxy groups -OCH3 is 1. The van der Waals surface area contributed by atoms with Crippen LogP contribution in [0.2, 0.25) is 0 Å². The molecular weight excluding hydrogens is 358 g/mol. The fourth-order valence-corrected chi connectivity index (χ4v) is 2.82. The predicted molar refractivity (Wildman–Crippen MR) is 105 cm³/mol. The Hall–Kier alpha value is -3.42. The zero-order valence-corrected chi connectivity index (χ0v) is 16.0. The number of amides is 1. The number of rotatable bonds is 8. The number of aryl methyl sites for hydroxylation is 1. The van der Waals surface area contributed by atoms with Crippen LogP contribution in [-0.2, 0) is 24.8 Å². The van der Waals surface area contributed by atoms with Crippen LogP contribution >= 0.6 is 0 Å². The molecule has 0 aliphatic carbocycles. The SMILES string of the molecule is COc1ccc(CCC(=O)NCCn2nc(-c3cccnc3)n(C)c2=O)cc1. The molecule has 0 spiro atoms. The highest BCUT2D eigenvalue weighted by Crippen LogP contribution is 2.13. The van der Waals surface area contributed by atoms with E-state index in [0.29, 0.717) is 31.8 Å². The van der Waals surface area contributed by atoms with Crippen molar-refractivity contribution >= 4 is 5.91 Å². The summed E-state index contributed by atoms with van der Waals surface area (Å²) in [4.78, 5) is 28.4. The van der Waals surface area contributed by atoms with Gasteiger partial charge in [0.25, 0.3) is 0 Å². The molecule has 1 amide bonds. The van der Waals surface area contributed by atoms with Crippen LogP contribution in [0.4, 0.5) is 0 Å². The lowest BCUT2D eigenvalue weighted by molar-refractivity contribution is -0.121. The molecule has 3 aromatic rings. The first-order valence-electron chi connectivity index (χ1n) is 9.02. The molecule has 0 unspecified atom stereocenters. The van der Waals surface area contributed by atoms with Crippen LogP contribution in [0.15, 0.2) is 53.6 Å². The van der Waals surface area contributed by atoms with Crippen molar-refractivity contribution in [2.45, 2.75) is 19.4 Å². The third-order valence-corrected chi connectivity index (χ3v) is 4.41. The van der Waals surface area contributed by atoms with E-state index < -0.39 is 0 Å². The van der Waals surface area contributed by atoms with Gasteiger partial charge >= 0.3 is 5.69 Å². The van der Waals surface area contributed by atoms with E-state index in [9.17, 15) is 9.59 Å². The van der Waals surface area contributed by atoms with Crippen molar-refractivity contribution in [2.24, 2.45) is 7.05 Å². The Kier molecular flexibility index (Phi) is 6.21. The molecule has 2 aromatic heterocycles. The number of benzene rings is 1. The van der Waals surface area contributed by atoms with Gasteiger partial charge < -0.3 is 10.1 Å². The predicted octanol–water partition coefficient (Wildman–Crippen LogP) is 1.40. The Balaban J connectivity index is 1.50. The molecule has 8 nitrogen and oxygen atoms in total. The van der Waals surface area contributed by atoms with Crippen molar-refractivity contribution in [3.8, 4) is 17.1 Å². The summed E-state index contributed by atoms with van der Waals surface area (Å²) >= 11 is 0. The van der Waals surface area contributed by atoms with Crippen molar-refractivity contribution in [3.63, 3.8) is 0 Å². The molecule has 0 fully saturated rings. The summed E-state index contributed by atoms with van der Waals surface area (Å²) in [5.74, 6) is 1.27. The van der Waals surface area contributed by atoms with E-state index in [4.69, 9.17) is 4.74 Å². The highest BCUT2D eigenvalue weighted by Gasteiger charge is 2.12. The maximum atomic E-state index is 12.3. The van der Waals surface area contributed by atoms with Crippen LogP contribution in [-0.4, -0.2) is 38.9 Å². The third-order valence-electron chi connectivity index (χ3n) is 4.41. The van der Waals surface area contributed by atoms with E-state index in [-0.39, 0.29) is 11.6 Å². The van der Waals surface area contributed by atoms with Gasteiger partial charge in [-0.05, 0) is 36.2 Å². The van der Waals surface area contributed by atoms with E-state index in [1.54, 1.807) is 32.6 Å². The van der Waals surface area contributed by atoms with Crippen molar-refractivity contribution in [1.29, 1.82) is 0 Å². The summed E-state index contributed by atoms with van der Waals surface area (Å²) in [6.07, 6.45) is 4.35. The monoisotopic (exact) mass is 381 g/mol. The quantitative estimate of drug-likeness (QED) is 0.637. The van der Waals surface area contributed by atoms with Crippen molar-refractivity contribution in [1.82, 2.24) is 24.6 Å². The van der Waals surface area contributed by atoms with Crippen LogP contribution in [0.25, 0.3) is 11.4 Å². The summed E-state index contributed by atoms with van der Waals surface area (Å²) in [6, 6.07) is 11.3. The highest BCUT2D eigenvalue weighted by atomic mass is 16.5. The number of nitrogens with zero attached hydrogens (tertiary/aromatic N) is 4. The number of pyridine rings is 1. The van der Waals surface area contributed by atoms with E-state index >= 15 is 0 Å². The third kappa shape index (κ3) is 4.64. The van der Waals surface area contributed by atoms with Gasteiger partial charge in [0, 0.05) is 38.0 Å². The van der Waals surface area contributed by atoms with E-state index in [0.717, 1.165) is 16.9 Å². The lowest BCUT2D eigenvalue weighted by atomic mass is 10.1. The minimum atomic E-state index is -0.230. The number of carbonyl (C=O) groups excluding carboxylic acids is 1. The molecule has 0 radical (unpaired) electrons. The van der Waals surface area contributed by atoms with Gasteiger partial charge in [0.1, 0.15) is 5.75 Å². The van der Waals surface area contributed by atoms with E-state index in [1.807, 2.05) is 30.3 Å². The highest BCUT2D eigenvalue weighted by molar-refractivity contribution is 5.76. The molecular formula is C20H23N5O3. The molecule has 1 N–H and O–H groups in total. The van der Waals surface area contributed by atoms with Gasteiger partial charge in [-0.1, -0.05) is 12.1 Å². The fourth-order valence-electron chi connectivity index (χ4n) is 2.82. The first-order valence-corrected chi connectivity index (χ1v) is 9.02. The Labute approximate surface area is 162 Å². The Morgan fingerprint density at radius 3 is 2.68 bits per heavy atom. The van der Waals surface area contributed by atoms with Crippen LogP contribution in [0.3, 0.4) is 0 Å². The van der Waals surface area contributed by atoms with Crippen LogP contribution in [0.5, 0.6) is 5.75 Å². The van der Waals surface area contributed by atoms with Gasteiger partial charge in [0.2, 0.25) is 5.91 Å². The molecule has 2 heterocycles. The van der Waals surface area contributed by atoms with Crippen molar-refractivity contribution in [2.75, 3.05) is 13.7 Å². The molecule has 0 aliphatic rings. The summed E-state index contributed by atoms with van der Waals surface area (Å²) in [5.41, 5.74) is 1.61. The first kappa shape index (κ1) is 19.3. The first-order chi connectivity index (χ1) is 13.6. The summed E-state index contributed by atoms with van der Waals surface area (Å²) in [6.45, 7) is 0.645. The molecule has 0 atom stereocenters. The molecule has 28 heavy (non-hydrogen) atoms. The van der Waals surface area contributed by atoms with Gasteiger partial charge in [0.05, 0.1) is 13.7 Å². The second kappa shape index (κ2) is 8.98. The molecule has 3 rings (SSSR count). The maximum absolute atomic E-state index is 12.3. The number of hydrogen-bond donors (Lipinski definition) is 1. The van der Waals surface area contributed by atoms with Gasteiger partial charge in [0.15, 0.2) is 5.82 Å². The fraction of sp³-hybridized carbons (Fsp3) is 0.300. The van der Waals surface area contributed by atoms with Gasteiger partial charge in [-0.15, -0.1) is 5.10 Å². The molecule has 8 heteroatoms. The molecule has 0 aliphatic heterocycles. The average Bonchev–Trinajstić information content (AvgIpc) is 3.02. The average molecular weight is 381 g/mol. The van der Waals surface area contributed by atoms with Crippen LogP contribution in [0, 0.1) is 0 Å². The molecule has 0 saturated carbocycles. The number of aromatic nitrogens is 4. The second-order valence-corrected chi connectivity index (χ2v) is 6.33. The minimum absolute atomic E-state index is 0.0627. The smallest absolute Gasteiger partial charge is 0.345 e. The summed E-state index contributed by atoms with van der Waals surface area (Å²) < 4.78 is 7.95. The van der Waals surface area contributed by atoms with Crippen molar-refractivity contribution in [3.05, 3.63) is 64.8 Å². The van der Waals surface area contributed by atoms with Gasteiger partial charge in [-0.3, -0.25) is 14.3 Å².